The molecule has 4 rings (SSSR count). The highest BCUT2D eigenvalue weighted by Crippen LogP contribution is 2.32. The molecule has 2 heterocycles. The topological polar surface area (TPSA) is 54.0 Å². The lowest BCUT2D eigenvalue weighted by atomic mass is 9.96. The summed E-state index contributed by atoms with van der Waals surface area (Å²) in [5, 5.41) is 3.23. The fourth-order valence-electron chi connectivity index (χ4n) is 5.68. The number of para-hydroxylation sites is 1. The monoisotopic (exact) mass is 493 g/mol. The quantitative estimate of drug-likeness (QED) is 0.514. The summed E-state index contributed by atoms with van der Waals surface area (Å²) in [5.74, 6) is 1.71. The van der Waals surface area contributed by atoms with Crippen LogP contribution in [0.1, 0.15) is 63.1 Å². The van der Waals surface area contributed by atoms with E-state index in [9.17, 15) is 4.79 Å². The Kier molecular flexibility index (Phi) is 9.65. The van der Waals surface area contributed by atoms with E-state index in [2.05, 4.69) is 27.2 Å². The number of nitrogens with zero attached hydrogens (tertiary/aromatic N) is 2. The molecule has 1 unspecified atom stereocenters. The highest BCUT2D eigenvalue weighted by molar-refractivity contribution is 5.78. The number of hydrogen-bond donors (Lipinski definition) is 1. The summed E-state index contributed by atoms with van der Waals surface area (Å²) in [6.45, 7) is 9.15. The highest BCUT2D eigenvalue weighted by Gasteiger charge is 2.31. The highest BCUT2D eigenvalue weighted by atomic mass is 16.5. The van der Waals surface area contributed by atoms with Gasteiger partial charge in [-0.15, -0.1) is 0 Å². The molecule has 1 amide bonds. The van der Waals surface area contributed by atoms with Gasteiger partial charge in [0.25, 0.3) is 0 Å². The molecule has 2 aliphatic rings. The molecule has 0 radical (unpaired) electrons. The van der Waals surface area contributed by atoms with Crippen molar-refractivity contribution in [3.8, 4) is 11.5 Å². The van der Waals surface area contributed by atoms with Gasteiger partial charge in [-0.05, 0) is 76.4 Å². The third kappa shape index (κ3) is 7.23. The molecule has 2 aromatic rings. The SMILES string of the molecule is COc1ccccc1C(CNC(=O)Cc1cccc(OC(C)C)c1)N1CCC(N2CCCCC2)CC1. The summed E-state index contributed by atoms with van der Waals surface area (Å²) in [7, 11) is 1.73. The van der Waals surface area contributed by atoms with Crippen LogP contribution in [0.3, 0.4) is 0 Å². The lowest BCUT2D eigenvalue weighted by Gasteiger charge is -2.43. The maximum absolute atomic E-state index is 13.0. The zero-order chi connectivity index (χ0) is 25.3. The Morgan fingerprint density at radius 3 is 2.47 bits per heavy atom. The number of ether oxygens (including phenoxy) is 2. The molecule has 36 heavy (non-hydrogen) atoms. The minimum absolute atomic E-state index is 0.0276. The molecule has 0 spiro atoms. The van der Waals surface area contributed by atoms with Gasteiger partial charge in [0.2, 0.25) is 5.91 Å². The number of carbonyl (C=O) groups excluding carboxylic acids is 1. The van der Waals surface area contributed by atoms with Crippen molar-refractivity contribution in [2.24, 2.45) is 0 Å². The van der Waals surface area contributed by atoms with Crippen molar-refractivity contribution in [3.63, 3.8) is 0 Å². The predicted molar refractivity (Wildman–Crippen MR) is 145 cm³/mol. The summed E-state index contributed by atoms with van der Waals surface area (Å²) in [4.78, 5) is 18.2. The predicted octanol–water partition coefficient (Wildman–Crippen LogP) is 4.83. The molecule has 0 aliphatic carbocycles. The summed E-state index contributed by atoms with van der Waals surface area (Å²) < 4.78 is 11.5. The molecule has 2 fully saturated rings. The summed E-state index contributed by atoms with van der Waals surface area (Å²) >= 11 is 0. The van der Waals surface area contributed by atoms with Crippen LogP contribution in [0.5, 0.6) is 11.5 Å². The Morgan fingerprint density at radius 2 is 1.75 bits per heavy atom. The lowest BCUT2D eigenvalue weighted by Crippen LogP contribution is -2.49. The number of rotatable bonds is 10. The van der Waals surface area contributed by atoms with E-state index in [-0.39, 0.29) is 18.1 Å². The van der Waals surface area contributed by atoms with Crippen LogP contribution < -0.4 is 14.8 Å². The van der Waals surface area contributed by atoms with Gasteiger partial charge in [0, 0.05) is 31.2 Å². The number of methoxy groups -OCH3 is 1. The van der Waals surface area contributed by atoms with Crippen LogP contribution in [0.4, 0.5) is 0 Å². The van der Waals surface area contributed by atoms with E-state index in [1.807, 2.05) is 50.2 Å². The van der Waals surface area contributed by atoms with Crippen molar-refractivity contribution in [2.75, 3.05) is 39.8 Å². The number of hydrogen-bond acceptors (Lipinski definition) is 5. The van der Waals surface area contributed by atoms with E-state index in [1.54, 1.807) is 7.11 Å². The first-order valence-corrected chi connectivity index (χ1v) is 13.7. The van der Waals surface area contributed by atoms with Gasteiger partial charge in [0.15, 0.2) is 0 Å². The van der Waals surface area contributed by atoms with Gasteiger partial charge in [0.05, 0.1) is 25.7 Å². The molecule has 0 saturated carbocycles. The van der Waals surface area contributed by atoms with Crippen LogP contribution in [0, 0.1) is 0 Å². The zero-order valence-electron chi connectivity index (χ0n) is 22.2. The first-order valence-electron chi connectivity index (χ1n) is 13.7. The fourth-order valence-corrected chi connectivity index (χ4v) is 5.68. The average Bonchev–Trinajstić information content (AvgIpc) is 2.90. The number of nitrogens with one attached hydrogen (secondary N) is 1. The van der Waals surface area contributed by atoms with Crippen molar-refractivity contribution in [1.82, 2.24) is 15.1 Å². The number of amides is 1. The minimum Gasteiger partial charge on any atom is -0.496 e. The van der Waals surface area contributed by atoms with Gasteiger partial charge in [-0.1, -0.05) is 36.8 Å². The van der Waals surface area contributed by atoms with Crippen molar-refractivity contribution in [2.45, 2.75) is 70.6 Å². The Labute approximate surface area is 217 Å². The fraction of sp³-hybridized carbons (Fsp3) is 0.567. The zero-order valence-corrected chi connectivity index (χ0v) is 22.2. The second-order valence-corrected chi connectivity index (χ2v) is 10.4. The second kappa shape index (κ2) is 13.1. The third-order valence-corrected chi connectivity index (χ3v) is 7.47. The maximum Gasteiger partial charge on any atom is 0.224 e. The normalized spacial score (nSPS) is 18.7. The second-order valence-electron chi connectivity index (χ2n) is 10.4. The molecule has 2 aliphatic heterocycles. The van der Waals surface area contributed by atoms with E-state index < -0.39 is 0 Å². The summed E-state index contributed by atoms with van der Waals surface area (Å²) in [6, 6.07) is 16.8. The smallest absolute Gasteiger partial charge is 0.224 e. The molecule has 196 valence electrons. The molecular formula is C30H43N3O3. The standard InChI is InChI=1S/C30H43N3O3/c1-23(2)36-26-11-9-10-24(20-26)21-30(34)31-22-28(27-12-5-6-13-29(27)35-3)33-18-14-25(15-19-33)32-16-7-4-8-17-32/h5-6,9-13,20,23,25,28H,4,7-8,14-19,21-22H2,1-3H3,(H,31,34). The molecule has 6 heteroatoms. The molecule has 0 bridgehead atoms. The van der Waals surface area contributed by atoms with Crippen LogP contribution in [-0.2, 0) is 11.2 Å². The molecule has 2 saturated heterocycles. The number of carbonyl (C=O) groups is 1. The Balaban J connectivity index is 1.40. The van der Waals surface area contributed by atoms with Crippen LogP contribution in [0.15, 0.2) is 48.5 Å². The van der Waals surface area contributed by atoms with Crippen LogP contribution in [0.25, 0.3) is 0 Å². The van der Waals surface area contributed by atoms with Gasteiger partial charge in [0.1, 0.15) is 11.5 Å². The van der Waals surface area contributed by atoms with E-state index in [0.29, 0.717) is 19.0 Å². The van der Waals surface area contributed by atoms with Crippen molar-refractivity contribution in [1.29, 1.82) is 0 Å². The first-order chi connectivity index (χ1) is 17.5. The van der Waals surface area contributed by atoms with Gasteiger partial charge in [-0.2, -0.15) is 0 Å². The van der Waals surface area contributed by atoms with E-state index >= 15 is 0 Å². The Hall–Kier alpha value is -2.57. The molecular weight excluding hydrogens is 450 g/mol. The van der Waals surface area contributed by atoms with E-state index in [1.165, 1.54) is 45.2 Å². The average molecular weight is 494 g/mol. The Bertz CT molecular complexity index is 965. The molecule has 1 N–H and O–H groups in total. The van der Waals surface area contributed by atoms with Gasteiger partial charge < -0.3 is 19.7 Å². The first kappa shape index (κ1) is 26.5. The van der Waals surface area contributed by atoms with Crippen molar-refractivity contribution < 1.29 is 14.3 Å². The van der Waals surface area contributed by atoms with Gasteiger partial charge in [-0.3, -0.25) is 9.69 Å². The molecule has 0 aromatic heterocycles. The molecule has 2 aromatic carbocycles. The molecule has 6 nitrogen and oxygen atoms in total. The van der Waals surface area contributed by atoms with Gasteiger partial charge >= 0.3 is 0 Å². The number of piperidine rings is 2. The van der Waals surface area contributed by atoms with E-state index in [0.717, 1.165) is 35.7 Å². The number of benzene rings is 2. The summed E-state index contributed by atoms with van der Waals surface area (Å²) in [6.07, 6.45) is 6.86. The maximum atomic E-state index is 13.0. The molecule has 1 atom stereocenters. The summed E-state index contributed by atoms with van der Waals surface area (Å²) in [5.41, 5.74) is 2.10. The number of likely N-dealkylation sites (tertiary alicyclic amines) is 2. The van der Waals surface area contributed by atoms with Crippen molar-refractivity contribution >= 4 is 5.91 Å². The minimum atomic E-state index is 0.0276. The van der Waals surface area contributed by atoms with Gasteiger partial charge in [-0.25, -0.2) is 0 Å². The Morgan fingerprint density at radius 1 is 1.00 bits per heavy atom. The van der Waals surface area contributed by atoms with Crippen LogP contribution >= 0.6 is 0 Å². The lowest BCUT2D eigenvalue weighted by molar-refractivity contribution is -0.120. The van der Waals surface area contributed by atoms with Crippen molar-refractivity contribution in [3.05, 3.63) is 59.7 Å². The van der Waals surface area contributed by atoms with Crippen LogP contribution in [-0.4, -0.2) is 67.7 Å². The third-order valence-electron chi connectivity index (χ3n) is 7.47. The largest absolute Gasteiger partial charge is 0.496 e. The van der Waals surface area contributed by atoms with E-state index in [4.69, 9.17) is 9.47 Å². The van der Waals surface area contributed by atoms with Crippen LogP contribution in [0.2, 0.25) is 0 Å².